The minimum Gasteiger partial charge on any atom is -0.334 e. The van der Waals surface area contributed by atoms with Gasteiger partial charge in [-0.05, 0) is 50.7 Å². The molecular weight excluding hydrogens is 338 g/mol. The zero-order chi connectivity index (χ0) is 16.4. The highest BCUT2D eigenvalue weighted by atomic mass is 35.5. The van der Waals surface area contributed by atoms with Crippen LogP contribution in [0.1, 0.15) is 30.3 Å². The highest BCUT2D eigenvalue weighted by molar-refractivity contribution is 5.85. The minimum atomic E-state index is 0. The molecule has 0 aliphatic carbocycles. The lowest BCUT2D eigenvalue weighted by molar-refractivity contribution is 0.190. The molecule has 2 saturated heterocycles. The second-order valence-corrected chi connectivity index (χ2v) is 6.84. The Labute approximate surface area is 155 Å². The van der Waals surface area contributed by atoms with Crippen molar-refractivity contribution in [2.75, 3.05) is 39.8 Å². The van der Waals surface area contributed by atoms with Gasteiger partial charge in [0.1, 0.15) is 0 Å². The number of likely N-dealkylation sites (tertiary alicyclic amines) is 1. The van der Waals surface area contributed by atoms with Gasteiger partial charge in [-0.25, -0.2) is 0 Å². The fourth-order valence-electron chi connectivity index (χ4n) is 3.53. The van der Waals surface area contributed by atoms with Crippen LogP contribution in [0.2, 0.25) is 0 Å². The first-order chi connectivity index (χ1) is 11.8. The van der Waals surface area contributed by atoms with Crippen molar-refractivity contribution in [2.45, 2.75) is 25.4 Å². The molecule has 0 saturated carbocycles. The summed E-state index contributed by atoms with van der Waals surface area (Å²) in [5.41, 5.74) is 2.34. The van der Waals surface area contributed by atoms with Gasteiger partial charge in [-0.3, -0.25) is 9.80 Å². The molecule has 1 atom stereocenters. The van der Waals surface area contributed by atoms with Crippen molar-refractivity contribution in [3.8, 4) is 11.5 Å². The molecule has 2 aliphatic rings. The van der Waals surface area contributed by atoms with E-state index in [1.165, 1.54) is 31.5 Å². The number of hydrogen-bond donors (Lipinski definition) is 1. The summed E-state index contributed by atoms with van der Waals surface area (Å²) in [5.74, 6) is 1.37. The van der Waals surface area contributed by atoms with Gasteiger partial charge >= 0.3 is 0 Å². The molecule has 7 heteroatoms. The van der Waals surface area contributed by atoms with Crippen LogP contribution in [-0.2, 0) is 6.54 Å². The average molecular weight is 364 g/mol. The lowest BCUT2D eigenvalue weighted by atomic mass is 10.1. The first-order valence-corrected chi connectivity index (χ1v) is 8.86. The van der Waals surface area contributed by atoms with E-state index >= 15 is 0 Å². The van der Waals surface area contributed by atoms with Crippen LogP contribution in [0.5, 0.6) is 0 Å². The molecule has 6 nitrogen and oxygen atoms in total. The predicted octanol–water partition coefficient (Wildman–Crippen LogP) is 2.33. The second-order valence-electron chi connectivity index (χ2n) is 6.84. The van der Waals surface area contributed by atoms with Gasteiger partial charge in [-0.1, -0.05) is 17.3 Å². The normalized spacial score (nSPS) is 22.0. The third-order valence-corrected chi connectivity index (χ3v) is 5.06. The van der Waals surface area contributed by atoms with E-state index in [0.29, 0.717) is 5.89 Å². The van der Waals surface area contributed by atoms with E-state index in [1.807, 2.05) is 0 Å². The molecule has 0 spiro atoms. The van der Waals surface area contributed by atoms with E-state index in [9.17, 15) is 0 Å². The van der Waals surface area contributed by atoms with E-state index < -0.39 is 0 Å². The van der Waals surface area contributed by atoms with Crippen LogP contribution in [0.3, 0.4) is 0 Å². The van der Waals surface area contributed by atoms with E-state index in [1.54, 1.807) is 0 Å². The fourth-order valence-corrected chi connectivity index (χ4v) is 3.53. The van der Waals surface area contributed by atoms with E-state index in [2.05, 4.69) is 56.6 Å². The number of halogens is 1. The molecule has 1 unspecified atom stereocenters. The Morgan fingerprint density at radius 2 is 1.92 bits per heavy atom. The first kappa shape index (κ1) is 18.3. The van der Waals surface area contributed by atoms with Crippen LogP contribution in [0.15, 0.2) is 28.8 Å². The number of hydrogen-bond acceptors (Lipinski definition) is 6. The standard InChI is InChI=1S/C18H25N5O.ClH/c1-22-11-8-19-12-16(22)17-20-18(24-21-17)15-6-4-14(5-7-15)13-23-9-2-3-10-23;/h4-7,16,19H,2-3,8-13H2,1H3;1H. The third-order valence-electron chi connectivity index (χ3n) is 5.06. The number of benzene rings is 1. The van der Waals surface area contributed by atoms with Crippen LogP contribution in [-0.4, -0.2) is 59.7 Å². The Balaban J connectivity index is 0.00000182. The zero-order valence-corrected chi connectivity index (χ0v) is 15.5. The number of piperazine rings is 1. The van der Waals surface area contributed by atoms with Crippen LogP contribution >= 0.6 is 12.4 Å². The number of aromatic nitrogens is 2. The highest BCUT2D eigenvalue weighted by Gasteiger charge is 2.25. The van der Waals surface area contributed by atoms with Gasteiger partial charge in [0, 0.05) is 31.7 Å². The largest absolute Gasteiger partial charge is 0.334 e. The lowest BCUT2D eigenvalue weighted by Gasteiger charge is -2.30. The van der Waals surface area contributed by atoms with Gasteiger partial charge in [-0.2, -0.15) is 4.98 Å². The summed E-state index contributed by atoms with van der Waals surface area (Å²) < 4.78 is 5.50. The summed E-state index contributed by atoms with van der Waals surface area (Å²) in [7, 11) is 2.11. The van der Waals surface area contributed by atoms with Crippen molar-refractivity contribution in [3.05, 3.63) is 35.7 Å². The van der Waals surface area contributed by atoms with Gasteiger partial charge in [0.15, 0.2) is 5.82 Å². The molecule has 1 aromatic heterocycles. The number of nitrogens with zero attached hydrogens (tertiary/aromatic N) is 4. The van der Waals surface area contributed by atoms with Crippen molar-refractivity contribution in [3.63, 3.8) is 0 Å². The number of likely N-dealkylation sites (N-methyl/N-ethyl adjacent to an activating group) is 1. The van der Waals surface area contributed by atoms with Crippen molar-refractivity contribution in [1.29, 1.82) is 0 Å². The minimum absolute atomic E-state index is 0. The summed E-state index contributed by atoms with van der Waals surface area (Å²) in [6, 6.07) is 8.71. The Morgan fingerprint density at radius 1 is 1.16 bits per heavy atom. The SMILES string of the molecule is CN1CCNCC1c1noc(-c2ccc(CN3CCCC3)cc2)n1.Cl. The lowest BCUT2D eigenvalue weighted by Crippen LogP contribution is -2.44. The third kappa shape index (κ3) is 4.20. The first-order valence-electron chi connectivity index (χ1n) is 8.86. The smallest absolute Gasteiger partial charge is 0.257 e. The Hall–Kier alpha value is -1.47. The molecule has 136 valence electrons. The molecule has 0 amide bonds. The van der Waals surface area contributed by atoms with Gasteiger partial charge < -0.3 is 9.84 Å². The summed E-state index contributed by atoms with van der Waals surface area (Å²) in [6.45, 7) is 6.35. The summed E-state index contributed by atoms with van der Waals surface area (Å²) in [5, 5.41) is 7.58. The molecule has 4 rings (SSSR count). The Morgan fingerprint density at radius 3 is 2.64 bits per heavy atom. The molecule has 0 bridgehead atoms. The molecular formula is C18H26ClN5O. The maximum Gasteiger partial charge on any atom is 0.257 e. The zero-order valence-electron chi connectivity index (χ0n) is 14.6. The van der Waals surface area contributed by atoms with Crippen LogP contribution in [0.4, 0.5) is 0 Å². The van der Waals surface area contributed by atoms with Crippen LogP contribution in [0, 0.1) is 0 Å². The number of nitrogens with one attached hydrogen (secondary N) is 1. The molecule has 1 aromatic carbocycles. The van der Waals surface area contributed by atoms with Gasteiger partial charge in [-0.15, -0.1) is 12.4 Å². The summed E-state index contributed by atoms with van der Waals surface area (Å²) in [6.07, 6.45) is 2.65. The molecule has 2 aliphatic heterocycles. The van der Waals surface area contributed by atoms with Gasteiger partial charge in [0.25, 0.3) is 5.89 Å². The topological polar surface area (TPSA) is 57.4 Å². The molecule has 2 aromatic rings. The monoisotopic (exact) mass is 363 g/mol. The van der Waals surface area contributed by atoms with Gasteiger partial charge in [0.05, 0.1) is 6.04 Å². The maximum absolute atomic E-state index is 5.50. The summed E-state index contributed by atoms with van der Waals surface area (Å²) >= 11 is 0. The van der Waals surface area contributed by atoms with Gasteiger partial charge in [0.2, 0.25) is 0 Å². The van der Waals surface area contributed by atoms with E-state index in [4.69, 9.17) is 4.52 Å². The maximum atomic E-state index is 5.50. The molecule has 0 radical (unpaired) electrons. The van der Waals surface area contributed by atoms with Crippen molar-refractivity contribution < 1.29 is 4.52 Å². The van der Waals surface area contributed by atoms with Crippen molar-refractivity contribution in [1.82, 2.24) is 25.3 Å². The summed E-state index contributed by atoms with van der Waals surface area (Å²) in [4.78, 5) is 9.39. The molecule has 3 heterocycles. The van der Waals surface area contributed by atoms with E-state index in [0.717, 1.165) is 37.6 Å². The van der Waals surface area contributed by atoms with Crippen LogP contribution < -0.4 is 5.32 Å². The fraction of sp³-hybridized carbons (Fsp3) is 0.556. The van der Waals surface area contributed by atoms with Crippen molar-refractivity contribution >= 4 is 12.4 Å². The predicted molar refractivity (Wildman–Crippen MR) is 99.7 cm³/mol. The molecule has 1 N–H and O–H groups in total. The van der Waals surface area contributed by atoms with Crippen molar-refractivity contribution in [2.24, 2.45) is 0 Å². The Bertz CT molecular complexity index is 668. The number of rotatable bonds is 4. The Kier molecular flexibility index (Phi) is 6.06. The molecule has 2 fully saturated rings. The van der Waals surface area contributed by atoms with Crippen LogP contribution in [0.25, 0.3) is 11.5 Å². The highest BCUT2D eigenvalue weighted by Crippen LogP contribution is 2.23. The second kappa shape index (κ2) is 8.27. The van der Waals surface area contributed by atoms with E-state index in [-0.39, 0.29) is 18.4 Å². The molecule has 25 heavy (non-hydrogen) atoms. The average Bonchev–Trinajstić information content (AvgIpc) is 3.28. The quantitative estimate of drug-likeness (QED) is 0.899.